The fourth-order valence-electron chi connectivity index (χ4n) is 4.16. The summed E-state index contributed by atoms with van der Waals surface area (Å²) in [5.74, 6) is 0.0100. The average Bonchev–Trinajstić information content (AvgIpc) is 3.07. The fourth-order valence-corrected chi connectivity index (χ4v) is 4.16. The van der Waals surface area contributed by atoms with E-state index in [4.69, 9.17) is 9.47 Å². The second-order valence-corrected chi connectivity index (χ2v) is 7.49. The number of hydrogen-bond donors (Lipinski definition) is 0. The van der Waals surface area contributed by atoms with Gasteiger partial charge < -0.3 is 19.3 Å². The van der Waals surface area contributed by atoms with Gasteiger partial charge in [-0.25, -0.2) is 0 Å². The first kappa shape index (κ1) is 20.9. The molecule has 0 atom stereocenters. The zero-order valence-electron chi connectivity index (χ0n) is 17.9. The summed E-state index contributed by atoms with van der Waals surface area (Å²) in [6.07, 6.45) is 0. The molecule has 0 aromatic heterocycles. The number of para-hydroxylation sites is 2. The summed E-state index contributed by atoms with van der Waals surface area (Å²) in [6, 6.07) is 17.6. The van der Waals surface area contributed by atoms with Crippen molar-refractivity contribution in [2.45, 2.75) is 0 Å². The molecule has 4 rings (SSSR count). The first-order chi connectivity index (χ1) is 15.2. The Bertz CT molecular complexity index is 981. The zero-order chi connectivity index (χ0) is 21.8. The van der Waals surface area contributed by atoms with Gasteiger partial charge in [0, 0.05) is 44.5 Å². The van der Waals surface area contributed by atoms with Gasteiger partial charge in [-0.1, -0.05) is 36.4 Å². The second kappa shape index (κ2) is 9.22. The molecule has 2 aromatic rings. The Labute approximate surface area is 182 Å². The van der Waals surface area contributed by atoms with Gasteiger partial charge in [0.15, 0.2) is 0 Å². The molecule has 0 aliphatic carbocycles. The summed E-state index contributed by atoms with van der Waals surface area (Å²) in [7, 11) is 3.13. The summed E-state index contributed by atoms with van der Waals surface area (Å²) in [5.41, 5.74) is 2.67. The van der Waals surface area contributed by atoms with Crippen molar-refractivity contribution >= 4 is 23.1 Å². The maximum absolute atomic E-state index is 13.4. The molecule has 1 fully saturated rings. The molecule has 1 saturated heterocycles. The average molecular weight is 421 g/mol. The largest absolute Gasteiger partial charge is 0.496 e. The van der Waals surface area contributed by atoms with Crippen LogP contribution in [-0.4, -0.2) is 75.2 Å². The number of benzene rings is 2. The van der Waals surface area contributed by atoms with E-state index in [2.05, 4.69) is 17.0 Å². The number of methoxy groups -OCH3 is 2. The molecule has 2 heterocycles. The molecule has 0 unspecified atom stereocenters. The molecule has 7 nitrogen and oxygen atoms in total. The van der Waals surface area contributed by atoms with Gasteiger partial charge >= 0.3 is 0 Å². The Morgan fingerprint density at radius 1 is 0.806 bits per heavy atom. The van der Waals surface area contributed by atoms with Crippen LogP contribution in [0.1, 0.15) is 5.56 Å². The molecule has 2 aliphatic heterocycles. The van der Waals surface area contributed by atoms with Crippen molar-refractivity contribution in [3.8, 4) is 5.75 Å². The molecule has 0 spiro atoms. The van der Waals surface area contributed by atoms with E-state index >= 15 is 0 Å². The highest BCUT2D eigenvalue weighted by Crippen LogP contribution is 2.36. The molecule has 7 heteroatoms. The smallest absolute Gasteiger partial charge is 0.277 e. The van der Waals surface area contributed by atoms with E-state index in [0.29, 0.717) is 42.3 Å². The Morgan fingerprint density at radius 2 is 1.45 bits per heavy atom. The number of imide groups is 1. The minimum Gasteiger partial charge on any atom is -0.496 e. The van der Waals surface area contributed by atoms with Crippen molar-refractivity contribution in [3.63, 3.8) is 0 Å². The van der Waals surface area contributed by atoms with E-state index < -0.39 is 0 Å². The van der Waals surface area contributed by atoms with Gasteiger partial charge in [-0.3, -0.25) is 14.5 Å². The van der Waals surface area contributed by atoms with Crippen LogP contribution in [0.5, 0.6) is 5.75 Å². The lowest BCUT2D eigenvalue weighted by Crippen LogP contribution is -2.47. The van der Waals surface area contributed by atoms with Crippen LogP contribution in [0.2, 0.25) is 0 Å². The number of nitrogens with zero attached hydrogens (tertiary/aromatic N) is 3. The van der Waals surface area contributed by atoms with Crippen LogP contribution in [-0.2, 0) is 14.3 Å². The van der Waals surface area contributed by atoms with Gasteiger partial charge in [0.25, 0.3) is 11.8 Å². The lowest BCUT2D eigenvalue weighted by Gasteiger charge is -2.37. The summed E-state index contributed by atoms with van der Waals surface area (Å²) in [5, 5.41) is 0. The number of hydrogen-bond acceptors (Lipinski definition) is 6. The zero-order valence-corrected chi connectivity index (χ0v) is 17.9. The van der Waals surface area contributed by atoms with E-state index in [1.165, 1.54) is 4.90 Å². The Balaban J connectivity index is 1.67. The quantitative estimate of drug-likeness (QED) is 0.639. The number of piperazine rings is 1. The summed E-state index contributed by atoms with van der Waals surface area (Å²) in [4.78, 5) is 32.3. The third-order valence-electron chi connectivity index (χ3n) is 5.76. The summed E-state index contributed by atoms with van der Waals surface area (Å²) in [6.45, 7) is 3.37. The van der Waals surface area contributed by atoms with E-state index in [1.54, 1.807) is 14.2 Å². The van der Waals surface area contributed by atoms with E-state index in [1.807, 2.05) is 47.4 Å². The Kier molecular flexibility index (Phi) is 6.23. The predicted molar refractivity (Wildman–Crippen MR) is 119 cm³/mol. The van der Waals surface area contributed by atoms with Crippen LogP contribution in [0, 0.1) is 0 Å². The van der Waals surface area contributed by atoms with E-state index in [0.717, 1.165) is 18.8 Å². The monoisotopic (exact) mass is 421 g/mol. The first-order valence-corrected chi connectivity index (χ1v) is 10.4. The third kappa shape index (κ3) is 4.01. The van der Waals surface area contributed by atoms with Crippen LogP contribution in [0.4, 0.5) is 5.69 Å². The van der Waals surface area contributed by atoms with Gasteiger partial charge in [0.2, 0.25) is 0 Å². The molecule has 0 bridgehead atoms. The first-order valence-electron chi connectivity index (χ1n) is 10.4. The highest BCUT2D eigenvalue weighted by atomic mass is 16.5. The second-order valence-electron chi connectivity index (χ2n) is 7.49. The summed E-state index contributed by atoms with van der Waals surface area (Å²) < 4.78 is 10.6. The molecular formula is C24H27N3O4. The van der Waals surface area contributed by atoms with Crippen LogP contribution in [0.3, 0.4) is 0 Å². The van der Waals surface area contributed by atoms with Gasteiger partial charge in [0.1, 0.15) is 11.4 Å². The predicted octanol–water partition coefficient (Wildman–Crippen LogP) is 2.24. The standard InChI is InChI=1S/C24H27N3O4/c1-30-17-16-27-23(28)21(19-10-6-7-11-20(19)31-2)22(24(27)29)26-14-12-25(13-15-26)18-8-4-3-5-9-18/h3-11H,12-17H2,1-2H3. The third-order valence-corrected chi connectivity index (χ3v) is 5.76. The lowest BCUT2D eigenvalue weighted by molar-refractivity contribution is -0.138. The van der Waals surface area contributed by atoms with Gasteiger partial charge in [-0.05, 0) is 18.2 Å². The molecule has 2 aromatic carbocycles. The maximum atomic E-state index is 13.4. The van der Waals surface area contributed by atoms with Crippen molar-refractivity contribution in [1.29, 1.82) is 0 Å². The number of amides is 2. The van der Waals surface area contributed by atoms with Crippen molar-refractivity contribution in [1.82, 2.24) is 9.80 Å². The molecule has 162 valence electrons. The SMILES string of the molecule is COCCN1C(=O)C(c2ccccc2OC)=C(N2CCN(c3ccccc3)CC2)C1=O. The van der Waals surface area contributed by atoms with Crippen LogP contribution < -0.4 is 9.64 Å². The molecule has 2 aliphatic rings. The van der Waals surface area contributed by atoms with Crippen molar-refractivity contribution < 1.29 is 19.1 Å². The number of carbonyl (C=O) groups is 2. The number of anilines is 1. The molecular weight excluding hydrogens is 394 g/mol. The Hall–Kier alpha value is -3.32. The fraction of sp³-hybridized carbons (Fsp3) is 0.333. The molecule has 0 saturated carbocycles. The number of rotatable bonds is 7. The molecule has 0 N–H and O–H groups in total. The lowest BCUT2D eigenvalue weighted by atomic mass is 10.0. The highest BCUT2D eigenvalue weighted by molar-refractivity contribution is 6.36. The van der Waals surface area contributed by atoms with E-state index in [-0.39, 0.29) is 18.4 Å². The van der Waals surface area contributed by atoms with Crippen molar-refractivity contribution in [2.24, 2.45) is 0 Å². The molecule has 31 heavy (non-hydrogen) atoms. The topological polar surface area (TPSA) is 62.3 Å². The van der Waals surface area contributed by atoms with Crippen LogP contribution >= 0.6 is 0 Å². The van der Waals surface area contributed by atoms with Crippen molar-refractivity contribution in [2.75, 3.05) is 58.5 Å². The Morgan fingerprint density at radius 3 is 2.13 bits per heavy atom. The number of carbonyl (C=O) groups excluding carboxylic acids is 2. The van der Waals surface area contributed by atoms with Gasteiger partial charge in [-0.2, -0.15) is 0 Å². The molecule has 0 radical (unpaired) electrons. The van der Waals surface area contributed by atoms with Crippen LogP contribution in [0.15, 0.2) is 60.3 Å². The highest BCUT2D eigenvalue weighted by Gasteiger charge is 2.42. The van der Waals surface area contributed by atoms with Crippen LogP contribution in [0.25, 0.3) is 5.57 Å². The summed E-state index contributed by atoms with van der Waals surface area (Å²) >= 11 is 0. The molecule has 2 amide bonds. The van der Waals surface area contributed by atoms with E-state index in [9.17, 15) is 9.59 Å². The number of ether oxygens (including phenoxy) is 2. The minimum absolute atomic E-state index is 0.223. The maximum Gasteiger partial charge on any atom is 0.277 e. The van der Waals surface area contributed by atoms with Crippen molar-refractivity contribution in [3.05, 3.63) is 65.9 Å². The van der Waals surface area contributed by atoms with Gasteiger partial charge in [0.05, 0.1) is 25.8 Å². The van der Waals surface area contributed by atoms with Gasteiger partial charge in [-0.15, -0.1) is 0 Å². The normalized spacial score (nSPS) is 17.0. The minimum atomic E-state index is -0.299.